The maximum absolute atomic E-state index is 13.2. The van der Waals surface area contributed by atoms with Crippen molar-refractivity contribution in [1.82, 2.24) is 0 Å². The molecule has 0 aliphatic carbocycles. The van der Waals surface area contributed by atoms with Crippen LogP contribution < -0.4 is 21.9 Å². The molecule has 6 N–H and O–H groups in total. The molecule has 10 heteroatoms. The van der Waals surface area contributed by atoms with Crippen LogP contribution in [0.3, 0.4) is 0 Å². The van der Waals surface area contributed by atoms with Crippen LogP contribution in [0.1, 0.15) is 0 Å². The van der Waals surface area contributed by atoms with E-state index < -0.39 is 24.1 Å². The number of aliphatic imine (C=N–C) groups is 2. The molecular formula is C9H9BrF3N5O. The molecular weight excluding hydrogens is 331 g/mol. The number of hydrogen-bond acceptors (Lipinski definition) is 2. The van der Waals surface area contributed by atoms with E-state index in [1.165, 1.54) is 0 Å². The van der Waals surface area contributed by atoms with Crippen LogP contribution in [-0.2, 0) is 0 Å². The third-order valence-corrected chi connectivity index (χ3v) is 2.30. The Hall–Kier alpha value is -1.97. The van der Waals surface area contributed by atoms with E-state index in [9.17, 15) is 13.2 Å². The molecule has 0 saturated heterocycles. The van der Waals surface area contributed by atoms with E-state index in [0.717, 1.165) is 12.1 Å². The van der Waals surface area contributed by atoms with Gasteiger partial charge < -0.3 is 21.9 Å². The van der Waals surface area contributed by atoms with Crippen LogP contribution in [0.4, 0.5) is 18.9 Å². The molecule has 0 unspecified atom stereocenters. The van der Waals surface area contributed by atoms with E-state index in [4.69, 9.17) is 17.2 Å². The lowest BCUT2D eigenvalue weighted by Crippen LogP contribution is -2.26. The lowest BCUT2D eigenvalue weighted by molar-refractivity contribution is -0.0495. The van der Waals surface area contributed by atoms with Crippen molar-refractivity contribution in [1.29, 1.82) is 0 Å². The number of halogens is 4. The first-order valence-corrected chi connectivity index (χ1v) is 5.46. The summed E-state index contributed by atoms with van der Waals surface area (Å²) in [6.45, 7) is -3.14. The van der Waals surface area contributed by atoms with Crippen LogP contribution in [-0.4, -0.2) is 18.5 Å². The molecule has 0 fully saturated rings. The van der Waals surface area contributed by atoms with E-state index in [0.29, 0.717) is 0 Å². The summed E-state index contributed by atoms with van der Waals surface area (Å²) in [5, 5.41) is 0. The van der Waals surface area contributed by atoms with Gasteiger partial charge in [0.25, 0.3) is 0 Å². The molecule has 1 rings (SSSR count). The first-order chi connectivity index (χ1) is 8.79. The van der Waals surface area contributed by atoms with Crippen LogP contribution >= 0.6 is 15.9 Å². The lowest BCUT2D eigenvalue weighted by Gasteiger charge is -2.08. The van der Waals surface area contributed by atoms with Crippen molar-refractivity contribution in [3.63, 3.8) is 0 Å². The molecule has 0 bridgehead atoms. The number of alkyl halides is 2. The predicted molar refractivity (Wildman–Crippen MR) is 67.8 cm³/mol. The fourth-order valence-corrected chi connectivity index (χ4v) is 1.41. The fraction of sp³-hybridized carbons (Fsp3) is 0.111. The molecule has 1 aromatic carbocycles. The molecule has 0 spiro atoms. The number of guanidine groups is 2. The molecule has 6 nitrogen and oxygen atoms in total. The second-order valence-corrected chi connectivity index (χ2v) is 3.97. The smallest absolute Gasteiger partial charge is 0.387 e. The molecule has 0 heterocycles. The van der Waals surface area contributed by atoms with Crippen molar-refractivity contribution < 1.29 is 17.9 Å². The monoisotopic (exact) mass is 339 g/mol. The highest BCUT2D eigenvalue weighted by molar-refractivity contribution is 9.10. The minimum Gasteiger partial charge on any atom is -0.432 e. The Bertz CT molecular complexity index is 531. The highest BCUT2D eigenvalue weighted by Gasteiger charge is 2.13. The summed E-state index contributed by atoms with van der Waals surface area (Å²) in [5.41, 5.74) is 15.3. The van der Waals surface area contributed by atoms with Gasteiger partial charge in [-0.25, -0.2) is 9.38 Å². The Morgan fingerprint density at radius 1 is 1.26 bits per heavy atom. The van der Waals surface area contributed by atoms with Gasteiger partial charge in [0, 0.05) is 6.07 Å². The number of ether oxygens (including phenoxy) is 1. The number of hydrogen-bond donors (Lipinski definition) is 3. The zero-order valence-electron chi connectivity index (χ0n) is 9.28. The second-order valence-electron chi connectivity index (χ2n) is 3.12. The molecule has 0 radical (unpaired) electrons. The van der Waals surface area contributed by atoms with Gasteiger partial charge in [-0.3, -0.25) is 0 Å². The van der Waals surface area contributed by atoms with Crippen LogP contribution in [0.15, 0.2) is 26.6 Å². The first-order valence-electron chi connectivity index (χ1n) is 4.67. The van der Waals surface area contributed by atoms with E-state index in [1.807, 2.05) is 0 Å². The first kappa shape index (κ1) is 15.1. The van der Waals surface area contributed by atoms with Crippen LogP contribution in [0.25, 0.3) is 0 Å². The lowest BCUT2D eigenvalue weighted by atomic mass is 10.3. The summed E-state index contributed by atoms with van der Waals surface area (Å²) in [4.78, 5) is 7.04. The number of rotatable bonds is 3. The normalized spacial score (nSPS) is 11.5. The third-order valence-electron chi connectivity index (χ3n) is 1.70. The Kier molecular flexibility index (Phi) is 4.98. The Labute approximate surface area is 114 Å². The maximum Gasteiger partial charge on any atom is 0.387 e. The van der Waals surface area contributed by atoms with Gasteiger partial charge in [-0.2, -0.15) is 13.8 Å². The van der Waals surface area contributed by atoms with Gasteiger partial charge >= 0.3 is 6.61 Å². The van der Waals surface area contributed by atoms with Crippen molar-refractivity contribution in [3.05, 3.63) is 22.4 Å². The number of nitrogens with zero attached hydrogens (tertiary/aromatic N) is 2. The van der Waals surface area contributed by atoms with Crippen LogP contribution in [0, 0.1) is 5.82 Å². The summed E-state index contributed by atoms with van der Waals surface area (Å²) in [6.07, 6.45) is 0. The molecule has 0 aliphatic heterocycles. The fourth-order valence-electron chi connectivity index (χ4n) is 1.08. The quantitative estimate of drug-likeness (QED) is 0.570. The van der Waals surface area contributed by atoms with Crippen molar-refractivity contribution in [2.45, 2.75) is 6.61 Å². The summed E-state index contributed by atoms with van der Waals surface area (Å²) in [7, 11) is 0. The van der Waals surface area contributed by atoms with E-state index >= 15 is 0 Å². The van der Waals surface area contributed by atoms with Crippen LogP contribution in [0.5, 0.6) is 5.75 Å². The second kappa shape index (κ2) is 6.27. The van der Waals surface area contributed by atoms with Gasteiger partial charge in [-0.1, -0.05) is 0 Å². The summed E-state index contributed by atoms with van der Waals surface area (Å²) in [6, 6.07) is 1.83. The van der Waals surface area contributed by atoms with Gasteiger partial charge in [0.2, 0.25) is 5.96 Å². The maximum atomic E-state index is 13.2. The highest BCUT2D eigenvalue weighted by Crippen LogP contribution is 2.34. The van der Waals surface area contributed by atoms with Crippen LogP contribution in [0.2, 0.25) is 0 Å². The van der Waals surface area contributed by atoms with Gasteiger partial charge in [0.15, 0.2) is 11.7 Å². The molecule has 0 saturated carbocycles. The molecule has 0 atom stereocenters. The molecule has 0 aromatic heterocycles. The van der Waals surface area contributed by atoms with Crippen molar-refractivity contribution >= 4 is 33.5 Å². The van der Waals surface area contributed by atoms with Gasteiger partial charge in [0.1, 0.15) is 11.5 Å². The molecule has 104 valence electrons. The summed E-state index contributed by atoms with van der Waals surface area (Å²) < 4.78 is 41.7. The largest absolute Gasteiger partial charge is 0.432 e. The molecule has 0 aliphatic rings. The van der Waals surface area contributed by atoms with Crippen molar-refractivity contribution in [2.24, 2.45) is 27.2 Å². The summed E-state index contributed by atoms with van der Waals surface area (Å²) in [5.74, 6) is -2.05. The van der Waals surface area contributed by atoms with E-state index in [-0.39, 0.29) is 16.1 Å². The molecule has 0 amide bonds. The summed E-state index contributed by atoms with van der Waals surface area (Å²) >= 11 is 2.87. The average Bonchev–Trinajstić information content (AvgIpc) is 2.23. The Morgan fingerprint density at radius 2 is 1.89 bits per heavy atom. The average molecular weight is 340 g/mol. The van der Waals surface area contributed by atoms with Gasteiger partial charge in [-0.05, 0) is 22.0 Å². The Balaban J connectivity index is 3.24. The Morgan fingerprint density at radius 3 is 2.42 bits per heavy atom. The van der Waals surface area contributed by atoms with Gasteiger partial charge in [0.05, 0.1) is 4.47 Å². The van der Waals surface area contributed by atoms with Crippen molar-refractivity contribution in [2.75, 3.05) is 0 Å². The van der Waals surface area contributed by atoms with Gasteiger partial charge in [-0.15, -0.1) is 0 Å². The minimum atomic E-state index is -3.14. The van der Waals surface area contributed by atoms with E-state index in [2.05, 4.69) is 30.7 Å². The minimum absolute atomic E-state index is 0.00892. The topological polar surface area (TPSA) is 112 Å². The third kappa shape index (κ3) is 4.66. The molecule has 1 aromatic rings. The van der Waals surface area contributed by atoms with E-state index in [1.54, 1.807) is 0 Å². The number of benzene rings is 1. The standard InChI is InChI=1S/C9H9BrF3N5O/c10-3-1-5(17-9(16)18-8(14)15)6(2-4(3)11)19-7(12)13/h1-2,7H,(H6,14,15,16,17,18). The number of nitrogens with two attached hydrogens (primary N) is 3. The molecule has 19 heavy (non-hydrogen) atoms. The zero-order chi connectivity index (χ0) is 14.6. The zero-order valence-corrected chi connectivity index (χ0v) is 10.9. The highest BCUT2D eigenvalue weighted by atomic mass is 79.9. The van der Waals surface area contributed by atoms with Crippen molar-refractivity contribution in [3.8, 4) is 5.75 Å². The predicted octanol–water partition coefficient (Wildman–Crippen LogP) is 1.41. The SMILES string of the molecule is NC(N)=NC(N)=Nc1cc(Br)c(F)cc1OC(F)F.